The number of hydrogen-bond acceptors (Lipinski definition) is 3. The van der Waals surface area contributed by atoms with Gasteiger partial charge in [0.15, 0.2) is 0 Å². The zero-order valence-electron chi connectivity index (χ0n) is 17.3. The second-order valence-electron chi connectivity index (χ2n) is 8.78. The van der Waals surface area contributed by atoms with Gasteiger partial charge in [-0.25, -0.2) is 4.98 Å². The fraction of sp³-hybridized carbons (Fsp3) is 0.375. The number of benzene rings is 2. The van der Waals surface area contributed by atoms with Crippen LogP contribution in [0.4, 0.5) is 5.69 Å². The summed E-state index contributed by atoms with van der Waals surface area (Å²) in [5, 5.41) is 3.61. The number of amides is 1. The van der Waals surface area contributed by atoms with Crippen LogP contribution in [-0.4, -0.2) is 15.5 Å². The maximum atomic E-state index is 12.9. The van der Waals surface area contributed by atoms with Gasteiger partial charge in [-0.05, 0) is 48.1 Å². The number of carbonyl (C=O) groups excluding carboxylic acids is 1. The van der Waals surface area contributed by atoms with E-state index in [0.29, 0.717) is 16.5 Å². The molecule has 3 aromatic rings. The van der Waals surface area contributed by atoms with Crippen LogP contribution in [0.25, 0.3) is 10.9 Å². The highest BCUT2D eigenvalue weighted by Crippen LogP contribution is 2.29. The van der Waals surface area contributed by atoms with Crippen LogP contribution in [0.2, 0.25) is 0 Å². The average Bonchev–Trinajstić information content (AvgIpc) is 2.93. The topological polar surface area (TPSA) is 64.0 Å². The SMILES string of the molecule is CC(C)(C)c1ccccc1NC(=O)c1ccc2c(=O)n3c(nc2c1)CCCCC3. The van der Waals surface area contributed by atoms with Gasteiger partial charge in [0.05, 0.1) is 10.9 Å². The van der Waals surface area contributed by atoms with Crippen molar-refractivity contribution in [3.8, 4) is 0 Å². The van der Waals surface area contributed by atoms with Crippen LogP contribution >= 0.6 is 0 Å². The van der Waals surface area contributed by atoms with E-state index in [-0.39, 0.29) is 16.9 Å². The molecule has 4 rings (SSSR count). The van der Waals surface area contributed by atoms with Crippen molar-refractivity contribution in [3.63, 3.8) is 0 Å². The van der Waals surface area contributed by atoms with Crippen LogP contribution in [0.1, 0.15) is 61.8 Å². The highest BCUT2D eigenvalue weighted by Gasteiger charge is 2.20. The summed E-state index contributed by atoms with van der Waals surface area (Å²) >= 11 is 0. The maximum absolute atomic E-state index is 12.9. The molecule has 1 aliphatic rings. The van der Waals surface area contributed by atoms with E-state index in [1.165, 1.54) is 0 Å². The molecule has 1 aliphatic heterocycles. The summed E-state index contributed by atoms with van der Waals surface area (Å²) in [7, 11) is 0. The lowest BCUT2D eigenvalue weighted by atomic mass is 9.86. The molecule has 5 heteroatoms. The van der Waals surface area contributed by atoms with E-state index in [2.05, 4.69) is 26.1 Å². The molecular weight excluding hydrogens is 362 g/mol. The first-order chi connectivity index (χ1) is 13.8. The van der Waals surface area contributed by atoms with Gasteiger partial charge in [0.25, 0.3) is 11.5 Å². The molecule has 2 aromatic carbocycles. The molecule has 0 bridgehead atoms. The second-order valence-corrected chi connectivity index (χ2v) is 8.78. The van der Waals surface area contributed by atoms with Gasteiger partial charge in [0.1, 0.15) is 5.82 Å². The minimum absolute atomic E-state index is 0.00284. The third-order valence-electron chi connectivity index (χ3n) is 5.56. The number of nitrogens with one attached hydrogen (secondary N) is 1. The highest BCUT2D eigenvalue weighted by atomic mass is 16.1. The molecule has 1 aromatic heterocycles. The molecule has 1 N–H and O–H groups in total. The van der Waals surface area contributed by atoms with E-state index in [0.717, 1.165) is 49.3 Å². The van der Waals surface area contributed by atoms with Crippen molar-refractivity contribution in [2.24, 2.45) is 0 Å². The fourth-order valence-corrected chi connectivity index (χ4v) is 4.00. The van der Waals surface area contributed by atoms with Crippen molar-refractivity contribution in [3.05, 3.63) is 69.8 Å². The number of nitrogens with zero attached hydrogens (tertiary/aromatic N) is 2. The van der Waals surface area contributed by atoms with Crippen LogP contribution in [0.5, 0.6) is 0 Å². The molecule has 0 saturated heterocycles. The quantitative estimate of drug-likeness (QED) is 0.692. The Morgan fingerprint density at radius 1 is 1.07 bits per heavy atom. The number of aromatic nitrogens is 2. The standard InChI is InChI=1S/C24H27N3O2/c1-24(2,3)18-9-6-7-10-19(18)26-22(28)16-12-13-17-20(15-16)25-21-11-5-4-8-14-27(21)23(17)29/h6-7,9-10,12-13,15H,4-5,8,11,14H2,1-3H3,(H,26,28). The Hall–Kier alpha value is -2.95. The van der Waals surface area contributed by atoms with Crippen molar-refractivity contribution < 1.29 is 4.79 Å². The Balaban J connectivity index is 1.70. The molecule has 0 radical (unpaired) electrons. The Labute approximate surface area is 170 Å². The summed E-state index contributed by atoms with van der Waals surface area (Å²) in [5.74, 6) is 0.635. The Morgan fingerprint density at radius 3 is 2.66 bits per heavy atom. The lowest BCUT2D eigenvalue weighted by Crippen LogP contribution is -2.25. The average molecular weight is 389 g/mol. The molecule has 0 spiro atoms. The zero-order valence-corrected chi connectivity index (χ0v) is 17.3. The molecule has 150 valence electrons. The van der Waals surface area contributed by atoms with Crippen LogP contribution in [-0.2, 0) is 18.4 Å². The summed E-state index contributed by atoms with van der Waals surface area (Å²) in [6, 6.07) is 13.0. The fourth-order valence-electron chi connectivity index (χ4n) is 4.00. The third-order valence-corrected chi connectivity index (χ3v) is 5.56. The Kier molecular flexibility index (Phi) is 4.99. The van der Waals surface area contributed by atoms with Gasteiger partial charge < -0.3 is 5.32 Å². The normalized spacial score (nSPS) is 14.3. The molecule has 0 atom stereocenters. The lowest BCUT2D eigenvalue weighted by Gasteiger charge is -2.23. The molecule has 5 nitrogen and oxygen atoms in total. The molecule has 0 unspecified atom stereocenters. The van der Waals surface area contributed by atoms with Crippen LogP contribution in [0.3, 0.4) is 0 Å². The van der Waals surface area contributed by atoms with Crippen molar-refractivity contribution in [1.82, 2.24) is 9.55 Å². The predicted octanol–water partition coefficient (Wildman–Crippen LogP) is 4.67. The van der Waals surface area contributed by atoms with Crippen molar-refractivity contribution >= 4 is 22.5 Å². The monoisotopic (exact) mass is 389 g/mol. The second kappa shape index (κ2) is 7.47. The summed E-state index contributed by atoms with van der Waals surface area (Å²) in [4.78, 5) is 30.5. The van der Waals surface area contributed by atoms with Crippen LogP contribution in [0, 0.1) is 0 Å². The first-order valence-corrected chi connectivity index (χ1v) is 10.3. The van der Waals surface area contributed by atoms with Gasteiger partial charge >= 0.3 is 0 Å². The van der Waals surface area contributed by atoms with E-state index in [9.17, 15) is 9.59 Å². The third kappa shape index (κ3) is 3.82. The Bertz CT molecular complexity index is 1140. The number of hydrogen-bond donors (Lipinski definition) is 1. The lowest BCUT2D eigenvalue weighted by molar-refractivity contribution is 0.102. The number of para-hydroxylation sites is 1. The molecule has 0 saturated carbocycles. The molecule has 29 heavy (non-hydrogen) atoms. The van der Waals surface area contributed by atoms with Gasteiger partial charge in [-0.3, -0.25) is 14.2 Å². The van der Waals surface area contributed by atoms with Crippen molar-refractivity contribution in [2.75, 3.05) is 5.32 Å². The molecule has 2 heterocycles. The highest BCUT2D eigenvalue weighted by molar-refractivity contribution is 6.06. The van der Waals surface area contributed by atoms with Gasteiger partial charge in [0.2, 0.25) is 0 Å². The number of rotatable bonds is 2. The van der Waals surface area contributed by atoms with E-state index >= 15 is 0 Å². The maximum Gasteiger partial charge on any atom is 0.261 e. The summed E-state index contributed by atoms with van der Waals surface area (Å²) in [5.41, 5.74) is 2.90. The van der Waals surface area contributed by atoms with Crippen LogP contribution in [0.15, 0.2) is 47.3 Å². The van der Waals surface area contributed by atoms with Gasteiger partial charge in [-0.1, -0.05) is 45.4 Å². The van der Waals surface area contributed by atoms with Gasteiger partial charge in [-0.2, -0.15) is 0 Å². The van der Waals surface area contributed by atoms with Gasteiger partial charge in [0, 0.05) is 24.2 Å². The predicted molar refractivity (Wildman–Crippen MR) is 117 cm³/mol. The largest absolute Gasteiger partial charge is 0.322 e. The number of carbonyl (C=O) groups is 1. The van der Waals surface area contributed by atoms with Crippen molar-refractivity contribution in [1.29, 1.82) is 0 Å². The molecule has 0 fully saturated rings. The smallest absolute Gasteiger partial charge is 0.261 e. The number of fused-ring (bicyclic) bond motifs is 2. The van der Waals surface area contributed by atoms with E-state index in [4.69, 9.17) is 4.98 Å². The summed E-state index contributed by atoms with van der Waals surface area (Å²) < 4.78 is 1.80. The molecule has 1 amide bonds. The van der Waals surface area contributed by atoms with E-state index in [1.54, 1.807) is 22.8 Å². The van der Waals surface area contributed by atoms with Gasteiger partial charge in [-0.15, -0.1) is 0 Å². The van der Waals surface area contributed by atoms with E-state index in [1.807, 2.05) is 24.3 Å². The number of aryl methyl sites for hydroxylation is 1. The molecular formula is C24H27N3O2. The zero-order chi connectivity index (χ0) is 20.6. The minimum atomic E-state index is -0.194. The van der Waals surface area contributed by atoms with E-state index < -0.39 is 0 Å². The minimum Gasteiger partial charge on any atom is -0.322 e. The summed E-state index contributed by atoms with van der Waals surface area (Å²) in [6.07, 6.45) is 3.97. The molecule has 0 aliphatic carbocycles. The summed E-state index contributed by atoms with van der Waals surface area (Å²) in [6.45, 7) is 7.09. The number of anilines is 1. The first kappa shape index (κ1) is 19.4. The first-order valence-electron chi connectivity index (χ1n) is 10.3. The van der Waals surface area contributed by atoms with Crippen LogP contribution < -0.4 is 10.9 Å². The van der Waals surface area contributed by atoms with Crippen molar-refractivity contribution in [2.45, 2.75) is 58.4 Å². The Morgan fingerprint density at radius 2 is 1.86 bits per heavy atom.